The zero-order chi connectivity index (χ0) is 22.1. The van der Waals surface area contributed by atoms with Gasteiger partial charge in [-0.25, -0.2) is 9.37 Å². The normalized spacial score (nSPS) is 14.2. The molecule has 0 N–H and O–H groups in total. The van der Waals surface area contributed by atoms with Gasteiger partial charge in [-0.3, -0.25) is 9.20 Å². The third kappa shape index (κ3) is 3.93. The van der Waals surface area contributed by atoms with E-state index in [-0.39, 0.29) is 17.5 Å². The van der Waals surface area contributed by atoms with Gasteiger partial charge in [0, 0.05) is 60.8 Å². The maximum atomic E-state index is 13.7. The fourth-order valence-electron chi connectivity index (χ4n) is 4.03. The van der Waals surface area contributed by atoms with Crippen LogP contribution in [0.2, 0.25) is 0 Å². The minimum atomic E-state index is -0.373. The Bertz CT molecular complexity index is 1250. The smallest absolute Gasteiger partial charge is 0.228 e. The molecule has 2 aromatic carbocycles. The van der Waals surface area contributed by atoms with Crippen LogP contribution in [0.4, 0.5) is 10.1 Å². The molecule has 1 saturated heterocycles. The van der Waals surface area contributed by atoms with E-state index in [0.29, 0.717) is 32.6 Å². The third-order valence-electron chi connectivity index (χ3n) is 5.82. The number of thiazole rings is 1. The summed E-state index contributed by atoms with van der Waals surface area (Å²) in [4.78, 5) is 22.6. The van der Waals surface area contributed by atoms with Gasteiger partial charge in [-0.05, 0) is 12.1 Å². The van der Waals surface area contributed by atoms with Crippen molar-refractivity contribution in [2.24, 2.45) is 0 Å². The van der Waals surface area contributed by atoms with E-state index in [4.69, 9.17) is 9.72 Å². The van der Waals surface area contributed by atoms with Gasteiger partial charge < -0.3 is 14.5 Å². The molecule has 0 saturated carbocycles. The number of methoxy groups -OCH3 is 1. The summed E-state index contributed by atoms with van der Waals surface area (Å²) in [5, 5.41) is 2.01. The highest BCUT2D eigenvalue weighted by molar-refractivity contribution is 7.15. The number of imidazole rings is 1. The molecule has 0 bridgehead atoms. The number of halogens is 1. The van der Waals surface area contributed by atoms with E-state index in [1.165, 1.54) is 13.2 Å². The number of anilines is 1. The summed E-state index contributed by atoms with van der Waals surface area (Å²) in [6.45, 7) is 2.65. The van der Waals surface area contributed by atoms with Crippen molar-refractivity contribution in [2.75, 3.05) is 38.2 Å². The Morgan fingerprint density at radius 2 is 1.91 bits per heavy atom. The molecule has 1 aliphatic rings. The van der Waals surface area contributed by atoms with Crippen molar-refractivity contribution in [3.05, 3.63) is 71.6 Å². The Morgan fingerprint density at radius 1 is 1.12 bits per heavy atom. The van der Waals surface area contributed by atoms with Crippen molar-refractivity contribution in [3.63, 3.8) is 0 Å². The lowest BCUT2D eigenvalue weighted by atomic mass is 10.2. The van der Waals surface area contributed by atoms with E-state index >= 15 is 0 Å². The highest BCUT2D eigenvalue weighted by Crippen LogP contribution is 2.26. The number of rotatable bonds is 5. The molecule has 1 fully saturated rings. The SMILES string of the molecule is COc1cc(N2CCN(C(=O)Cc3csc4nc(-c5ccccc5)cn34)CC2)ccc1F. The second-order valence-corrected chi connectivity index (χ2v) is 8.57. The lowest BCUT2D eigenvalue weighted by Gasteiger charge is -2.36. The first-order chi connectivity index (χ1) is 15.6. The summed E-state index contributed by atoms with van der Waals surface area (Å²) in [7, 11) is 1.46. The molecule has 8 heteroatoms. The van der Waals surface area contributed by atoms with Crippen LogP contribution in [0.15, 0.2) is 60.1 Å². The van der Waals surface area contributed by atoms with Crippen LogP contribution in [0.5, 0.6) is 5.75 Å². The zero-order valence-corrected chi connectivity index (χ0v) is 18.5. The summed E-state index contributed by atoms with van der Waals surface area (Å²) >= 11 is 1.55. The maximum absolute atomic E-state index is 13.7. The van der Waals surface area contributed by atoms with E-state index in [2.05, 4.69) is 4.90 Å². The van der Waals surface area contributed by atoms with Crippen LogP contribution in [0.25, 0.3) is 16.2 Å². The standard InChI is InChI=1S/C24H23FN4O2S/c1-31-22-13-18(7-8-20(22)25)27-9-11-28(12-10-27)23(30)14-19-16-32-24-26-21(15-29(19)24)17-5-3-2-4-6-17/h2-8,13,15-16H,9-12,14H2,1H3. The Labute approximate surface area is 189 Å². The molecular weight excluding hydrogens is 427 g/mol. The van der Waals surface area contributed by atoms with Crippen molar-refractivity contribution in [1.29, 1.82) is 0 Å². The Balaban J connectivity index is 1.24. The minimum absolute atomic E-state index is 0.107. The van der Waals surface area contributed by atoms with E-state index in [1.54, 1.807) is 23.5 Å². The Kier molecular flexibility index (Phi) is 5.53. The van der Waals surface area contributed by atoms with E-state index in [1.807, 2.05) is 51.2 Å². The Hall–Kier alpha value is -3.39. The van der Waals surface area contributed by atoms with Gasteiger partial charge in [-0.2, -0.15) is 0 Å². The van der Waals surface area contributed by atoms with Crippen molar-refractivity contribution in [2.45, 2.75) is 6.42 Å². The number of benzene rings is 2. The van der Waals surface area contributed by atoms with Crippen LogP contribution in [0.1, 0.15) is 5.69 Å². The van der Waals surface area contributed by atoms with Crippen LogP contribution in [0, 0.1) is 5.82 Å². The molecule has 0 radical (unpaired) electrons. The quantitative estimate of drug-likeness (QED) is 0.459. The summed E-state index contributed by atoms with van der Waals surface area (Å²) in [6, 6.07) is 14.9. The molecule has 2 aromatic heterocycles. The molecule has 1 aliphatic heterocycles. The van der Waals surface area contributed by atoms with Crippen molar-refractivity contribution < 1.29 is 13.9 Å². The lowest BCUT2D eigenvalue weighted by Crippen LogP contribution is -2.49. The van der Waals surface area contributed by atoms with Gasteiger partial charge in [-0.1, -0.05) is 30.3 Å². The predicted octanol–water partition coefficient (Wildman–Crippen LogP) is 4.10. The number of ether oxygens (including phenoxy) is 1. The molecule has 32 heavy (non-hydrogen) atoms. The summed E-state index contributed by atoms with van der Waals surface area (Å²) in [5.41, 5.74) is 3.83. The molecule has 0 aliphatic carbocycles. The van der Waals surface area contributed by atoms with E-state index < -0.39 is 0 Å². The van der Waals surface area contributed by atoms with Gasteiger partial charge in [-0.15, -0.1) is 11.3 Å². The topological polar surface area (TPSA) is 50.1 Å². The highest BCUT2D eigenvalue weighted by atomic mass is 32.1. The number of piperazine rings is 1. The predicted molar refractivity (Wildman–Crippen MR) is 124 cm³/mol. The molecule has 0 atom stereocenters. The molecule has 1 amide bonds. The number of fused-ring (bicyclic) bond motifs is 1. The number of aromatic nitrogens is 2. The fourth-order valence-corrected chi connectivity index (χ4v) is 4.90. The number of hydrogen-bond donors (Lipinski definition) is 0. The largest absolute Gasteiger partial charge is 0.494 e. The molecule has 3 heterocycles. The average molecular weight is 451 g/mol. The second-order valence-electron chi connectivity index (χ2n) is 7.74. The molecule has 5 rings (SSSR count). The second kappa shape index (κ2) is 8.63. The summed E-state index contributed by atoms with van der Waals surface area (Å²) < 4.78 is 20.8. The zero-order valence-electron chi connectivity index (χ0n) is 17.7. The molecule has 164 valence electrons. The van der Waals surface area contributed by atoms with Crippen molar-refractivity contribution in [1.82, 2.24) is 14.3 Å². The molecule has 0 spiro atoms. The van der Waals surface area contributed by atoms with Crippen LogP contribution in [-0.2, 0) is 11.2 Å². The summed E-state index contributed by atoms with van der Waals surface area (Å²) in [6.07, 6.45) is 2.35. The number of hydrogen-bond acceptors (Lipinski definition) is 5. The molecule has 6 nitrogen and oxygen atoms in total. The number of nitrogens with zero attached hydrogens (tertiary/aromatic N) is 4. The number of carbonyl (C=O) groups excluding carboxylic acids is 1. The molecular formula is C24H23FN4O2S. The van der Waals surface area contributed by atoms with Gasteiger partial charge in [0.15, 0.2) is 16.5 Å². The average Bonchev–Trinajstić information content (AvgIpc) is 3.42. The maximum Gasteiger partial charge on any atom is 0.228 e. The third-order valence-corrected chi connectivity index (χ3v) is 6.71. The highest BCUT2D eigenvalue weighted by Gasteiger charge is 2.23. The first-order valence-corrected chi connectivity index (χ1v) is 11.4. The number of amides is 1. The minimum Gasteiger partial charge on any atom is -0.494 e. The van der Waals surface area contributed by atoms with Crippen molar-refractivity contribution in [3.8, 4) is 17.0 Å². The molecule has 4 aromatic rings. The van der Waals surface area contributed by atoms with Gasteiger partial charge >= 0.3 is 0 Å². The Morgan fingerprint density at radius 3 is 2.66 bits per heavy atom. The van der Waals surface area contributed by atoms with Gasteiger partial charge in [0.2, 0.25) is 5.91 Å². The van der Waals surface area contributed by atoms with Gasteiger partial charge in [0.05, 0.1) is 19.2 Å². The monoisotopic (exact) mass is 450 g/mol. The van der Waals surface area contributed by atoms with Crippen LogP contribution >= 0.6 is 11.3 Å². The van der Waals surface area contributed by atoms with Crippen LogP contribution < -0.4 is 9.64 Å². The first-order valence-electron chi connectivity index (χ1n) is 10.5. The van der Waals surface area contributed by atoms with Gasteiger partial charge in [0.25, 0.3) is 0 Å². The van der Waals surface area contributed by atoms with Gasteiger partial charge in [0.1, 0.15) is 0 Å². The summed E-state index contributed by atoms with van der Waals surface area (Å²) in [5.74, 6) is -0.0317. The first kappa shape index (κ1) is 20.5. The van der Waals surface area contributed by atoms with Crippen LogP contribution in [-0.4, -0.2) is 53.5 Å². The molecule has 0 unspecified atom stereocenters. The van der Waals surface area contributed by atoms with Crippen molar-refractivity contribution >= 4 is 27.9 Å². The van der Waals surface area contributed by atoms with E-state index in [9.17, 15) is 9.18 Å². The lowest BCUT2D eigenvalue weighted by molar-refractivity contribution is -0.130. The van der Waals surface area contributed by atoms with Crippen LogP contribution in [0.3, 0.4) is 0 Å². The van der Waals surface area contributed by atoms with E-state index in [0.717, 1.165) is 27.6 Å². The fraction of sp³-hybridized carbons (Fsp3) is 0.250. The number of carbonyl (C=O) groups is 1.